The molecule has 21 heavy (non-hydrogen) atoms. The van der Waals surface area contributed by atoms with Crippen molar-refractivity contribution in [2.24, 2.45) is 0 Å². The molecule has 116 valence electrons. The van der Waals surface area contributed by atoms with E-state index >= 15 is 0 Å². The van der Waals surface area contributed by atoms with Crippen LogP contribution >= 0.6 is 0 Å². The third-order valence-electron chi connectivity index (χ3n) is 4.48. The van der Waals surface area contributed by atoms with Gasteiger partial charge in [-0.15, -0.1) is 0 Å². The van der Waals surface area contributed by atoms with Crippen molar-refractivity contribution >= 4 is 10.0 Å². The predicted octanol–water partition coefficient (Wildman–Crippen LogP) is 1.78. The third kappa shape index (κ3) is 2.73. The Morgan fingerprint density at radius 2 is 1.86 bits per heavy atom. The van der Waals surface area contributed by atoms with Crippen molar-refractivity contribution in [1.82, 2.24) is 9.37 Å². The van der Waals surface area contributed by atoms with E-state index in [0.29, 0.717) is 17.5 Å². The number of benzene rings is 1. The summed E-state index contributed by atoms with van der Waals surface area (Å²) in [4.78, 5) is 6.09. The fraction of sp³-hybridized carbons (Fsp3) is 0.600. The molecule has 0 N–H and O–H groups in total. The molecule has 2 heterocycles. The summed E-state index contributed by atoms with van der Waals surface area (Å²) < 4.78 is 27.4. The minimum absolute atomic E-state index is 0.0161. The molecule has 0 unspecified atom stereocenters. The van der Waals surface area contributed by atoms with Gasteiger partial charge < -0.3 is 0 Å². The van der Waals surface area contributed by atoms with E-state index in [1.165, 1.54) is 0 Å². The second kappa shape index (κ2) is 5.35. The molecule has 0 spiro atoms. The highest BCUT2D eigenvalue weighted by Crippen LogP contribution is 2.32. The third-order valence-corrected chi connectivity index (χ3v) is 6.47. The number of hydrogen-bond acceptors (Lipinski definition) is 4. The van der Waals surface area contributed by atoms with Gasteiger partial charge in [-0.05, 0) is 38.8 Å². The molecule has 0 aliphatic carbocycles. The number of sulfonamides is 1. The van der Waals surface area contributed by atoms with E-state index in [-0.39, 0.29) is 12.1 Å². The number of nitrogens with zero attached hydrogens (tertiary/aromatic N) is 2. The van der Waals surface area contributed by atoms with Crippen molar-refractivity contribution < 1.29 is 13.3 Å². The number of fused-ring (bicyclic) bond motifs is 2. The zero-order valence-electron chi connectivity index (χ0n) is 12.7. The first-order valence-corrected chi connectivity index (χ1v) is 8.80. The van der Waals surface area contributed by atoms with E-state index in [9.17, 15) is 8.42 Å². The summed E-state index contributed by atoms with van der Waals surface area (Å²) in [6.45, 7) is 4.37. The Kier molecular flexibility index (Phi) is 3.81. The molecule has 2 bridgehead atoms. The maximum absolute atomic E-state index is 12.9. The summed E-state index contributed by atoms with van der Waals surface area (Å²) in [5, 5.41) is 1.89. The van der Waals surface area contributed by atoms with E-state index in [4.69, 9.17) is 4.84 Å². The highest BCUT2D eigenvalue weighted by molar-refractivity contribution is 7.89. The molecule has 3 rings (SSSR count). The van der Waals surface area contributed by atoms with Crippen LogP contribution in [0.1, 0.15) is 25.3 Å². The van der Waals surface area contributed by atoms with Crippen LogP contribution < -0.4 is 0 Å². The number of hydroxylamine groups is 2. The van der Waals surface area contributed by atoms with Crippen LogP contribution in [0, 0.1) is 6.92 Å². The van der Waals surface area contributed by atoms with Gasteiger partial charge in [0.25, 0.3) is 0 Å². The second-order valence-corrected chi connectivity index (χ2v) is 8.03. The molecule has 0 radical (unpaired) electrons. The van der Waals surface area contributed by atoms with Crippen LogP contribution in [0.15, 0.2) is 29.2 Å². The lowest BCUT2D eigenvalue weighted by Gasteiger charge is -2.32. The van der Waals surface area contributed by atoms with Crippen LogP contribution in [-0.2, 0) is 14.9 Å². The van der Waals surface area contributed by atoms with Crippen molar-refractivity contribution in [2.75, 3.05) is 13.6 Å². The van der Waals surface area contributed by atoms with Crippen molar-refractivity contribution in [1.29, 1.82) is 0 Å². The van der Waals surface area contributed by atoms with Gasteiger partial charge in [-0.3, -0.25) is 4.84 Å². The lowest BCUT2D eigenvalue weighted by atomic mass is 10.1. The van der Waals surface area contributed by atoms with Crippen LogP contribution in [0.4, 0.5) is 0 Å². The molecule has 2 fully saturated rings. The molecule has 0 saturated carbocycles. The van der Waals surface area contributed by atoms with Gasteiger partial charge in [0.1, 0.15) is 0 Å². The summed E-state index contributed by atoms with van der Waals surface area (Å²) in [5.74, 6) is 0. The molecule has 2 aliphatic rings. The first-order valence-electron chi connectivity index (χ1n) is 7.36. The maximum atomic E-state index is 12.9. The molecule has 1 aromatic rings. The van der Waals surface area contributed by atoms with Crippen LogP contribution in [0.3, 0.4) is 0 Å². The Bertz CT molecular complexity index is 614. The Morgan fingerprint density at radius 3 is 2.52 bits per heavy atom. The van der Waals surface area contributed by atoms with E-state index in [1.54, 1.807) is 16.4 Å². The highest BCUT2D eigenvalue weighted by Gasteiger charge is 2.42. The van der Waals surface area contributed by atoms with Crippen molar-refractivity contribution in [3.8, 4) is 0 Å². The Balaban J connectivity index is 1.90. The zero-order chi connectivity index (χ0) is 15.2. The normalized spacial score (nSPS) is 31.3. The molecule has 0 amide bonds. The highest BCUT2D eigenvalue weighted by atomic mass is 32.2. The summed E-state index contributed by atoms with van der Waals surface area (Å²) >= 11 is 0. The minimum atomic E-state index is -3.46. The minimum Gasteiger partial charge on any atom is -0.294 e. The van der Waals surface area contributed by atoms with E-state index in [1.807, 2.05) is 38.1 Å². The van der Waals surface area contributed by atoms with Crippen molar-refractivity contribution in [2.45, 2.75) is 49.8 Å². The quantitative estimate of drug-likeness (QED) is 0.835. The Hall–Kier alpha value is -0.950. The molecule has 5 nitrogen and oxygen atoms in total. The summed E-state index contributed by atoms with van der Waals surface area (Å²) in [5.41, 5.74) is 1.06. The SMILES string of the molecule is Cc1ccc(S(=O)(=O)N2C[C@H]3C[C@@H](C[C@@H]2C)N(C)O3)cc1. The molecule has 1 aromatic carbocycles. The fourth-order valence-electron chi connectivity index (χ4n) is 3.24. The molecular weight excluding hydrogens is 288 g/mol. The van der Waals surface area contributed by atoms with Gasteiger partial charge >= 0.3 is 0 Å². The maximum Gasteiger partial charge on any atom is 0.243 e. The average Bonchev–Trinajstić information content (AvgIpc) is 2.65. The smallest absolute Gasteiger partial charge is 0.243 e. The number of rotatable bonds is 2. The summed E-state index contributed by atoms with van der Waals surface area (Å²) in [7, 11) is -1.52. The van der Waals surface area contributed by atoms with Gasteiger partial charge in [0.2, 0.25) is 10.0 Å². The van der Waals surface area contributed by atoms with Crippen molar-refractivity contribution in [3.05, 3.63) is 29.8 Å². The predicted molar refractivity (Wildman–Crippen MR) is 80.2 cm³/mol. The lowest BCUT2D eigenvalue weighted by molar-refractivity contribution is -0.155. The van der Waals surface area contributed by atoms with Crippen LogP contribution in [-0.4, -0.2) is 49.6 Å². The average molecular weight is 310 g/mol. The molecule has 3 atom stereocenters. The monoisotopic (exact) mass is 310 g/mol. The van der Waals surface area contributed by atoms with Gasteiger partial charge in [0.15, 0.2) is 0 Å². The van der Waals surface area contributed by atoms with Crippen LogP contribution in [0.5, 0.6) is 0 Å². The van der Waals surface area contributed by atoms with E-state index in [2.05, 4.69) is 0 Å². The van der Waals surface area contributed by atoms with Gasteiger partial charge in [-0.25, -0.2) is 8.42 Å². The Morgan fingerprint density at radius 1 is 1.19 bits per heavy atom. The molecule has 6 heteroatoms. The summed E-state index contributed by atoms with van der Waals surface area (Å²) in [6.07, 6.45) is 1.67. The van der Waals surface area contributed by atoms with Gasteiger partial charge in [-0.2, -0.15) is 9.37 Å². The topological polar surface area (TPSA) is 49.9 Å². The van der Waals surface area contributed by atoms with E-state index in [0.717, 1.165) is 18.4 Å². The number of hydrogen-bond donors (Lipinski definition) is 0. The summed E-state index contributed by atoms with van der Waals surface area (Å²) in [6, 6.07) is 7.35. The van der Waals surface area contributed by atoms with E-state index < -0.39 is 10.0 Å². The van der Waals surface area contributed by atoms with Crippen LogP contribution in [0.25, 0.3) is 0 Å². The number of aryl methyl sites for hydroxylation is 1. The van der Waals surface area contributed by atoms with Gasteiger partial charge in [0, 0.05) is 25.7 Å². The molecule has 0 aromatic heterocycles. The second-order valence-electron chi connectivity index (χ2n) is 6.14. The zero-order valence-corrected chi connectivity index (χ0v) is 13.5. The first kappa shape index (κ1) is 15.0. The fourth-order valence-corrected chi connectivity index (χ4v) is 4.91. The van der Waals surface area contributed by atoms with Crippen molar-refractivity contribution in [3.63, 3.8) is 0 Å². The lowest BCUT2D eigenvalue weighted by Crippen LogP contribution is -2.45. The molecule has 2 saturated heterocycles. The molecular formula is C15H22N2O3S. The Labute approximate surface area is 126 Å². The first-order chi connectivity index (χ1) is 9.88. The molecule has 2 aliphatic heterocycles. The van der Waals surface area contributed by atoms with Gasteiger partial charge in [-0.1, -0.05) is 17.7 Å². The largest absolute Gasteiger partial charge is 0.294 e. The van der Waals surface area contributed by atoms with Crippen LogP contribution in [0.2, 0.25) is 0 Å². The van der Waals surface area contributed by atoms with Gasteiger partial charge in [0.05, 0.1) is 11.0 Å². The standard InChI is InChI=1S/C15H22N2O3S/c1-11-4-6-15(7-5-11)21(18,19)17-10-14-9-13(8-12(17)2)16(3)20-14/h4-7,12-14H,8-10H2,1-3H3/t12-,13+,14+/m0/s1.